The summed E-state index contributed by atoms with van der Waals surface area (Å²) in [5.74, 6) is -0.235. The molecule has 0 amide bonds. The lowest BCUT2D eigenvalue weighted by atomic mass is 10.2. The first kappa shape index (κ1) is 18.7. The lowest BCUT2D eigenvalue weighted by Crippen LogP contribution is -2.22. The van der Waals surface area contributed by atoms with Crippen LogP contribution in [0.5, 0.6) is 0 Å². The molecule has 0 bridgehead atoms. The van der Waals surface area contributed by atoms with Crippen LogP contribution in [-0.4, -0.2) is 20.8 Å². The van der Waals surface area contributed by atoms with E-state index < -0.39 is 11.4 Å². The van der Waals surface area contributed by atoms with Crippen LogP contribution >= 0.6 is 11.6 Å². The SMILES string of the molecule is O=Cc1cccc(/C=C/c2nc3ccc(F)cc3c(=O)n2-c2ccccc2Cl)n1. The molecular formula is C22H13ClFN3O2. The molecule has 0 aliphatic heterocycles. The van der Waals surface area contributed by atoms with Crippen LogP contribution in [-0.2, 0) is 0 Å². The summed E-state index contributed by atoms with van der Waals surface area (Å²) in [5.41, 5.74) is 1.14. The van der Waals surface area contributed by atoms with E-state index in [-0.39, 0.29) is 11.1 Å². The molecule has 29 heavy (non-hydrogen) atoms. The summed E-state index contributed by atoms with van der Waals surface area (Å²) >= 11 is 6.31. The van der Waals surface area contributed by atoms with Gasteiger partial charge >= 0.3 is 0 Å². The predicted octanol–water partition coefficient (Wildman–Crippen LogP) is 4.56. The highest BCUT2D eigenvalue weighted by Gasteiger charge is 2.14. The number of halogens is 2. The van der Waals surface area contributed by atoms with Crippen molar-refractivity contribution in [2.45, 2.75) is 0 Å². The Hall–Kier alpha value is -3.64. The maximum Gasteiger partial charge on any atom is 0.266 e. The van der Waals surface area contributed by atoms with Crippen molar-refractivity contribution >= 4 is 40.9 Å². The largest absolute Gasteiger partial charge is 0.296 e. The molecule has 0 aliphatic rings. The van der Waals surface area contributed by atoms with Gasteiger partial charge in [-0.05, 0) is 54.6 Å². The molecule has 2 aromatic carbocycles. The summed E-state index contributed by atoms with van der Waals surface area (Å²) in [6, 6.07) is 15.7. The number of hydrogen-bond acceptors (Lipinski definition) is 4. The fourth-order valence-corrected chi connectivity index (χ4v) is 3.16. The fraction of sp³-hybridized carbons (Fsp3) is 0. The smallest absolute Gasteiger partial charge is 0.266 e. The van der Waals surface area contributed by atoms with E-state index in [1.165, 1.54) is 16.7 Å². The van der Waals surface area contributed by atoms with Gasteiger partial charge in [0.1, 0.15) is 17.3 Å². The van der Waals surface area contributed by atoms with E-state index in [1.54, 1.807) is 54.6 Å². The molecule has 4 aromatic rings. The standard InChI is InChI=1S/C22H13ClFN3O2/c23-18-6-1-2-7-20(18)27-21(11-9-15-4-3-5-16(13-28)25-15)26-19-10-8-14(24)12-17(19)22(27)29/h1-13H/b11-9+. The second-order valence-electron chi connectivity index (χ2n) is 6.16. The van der Waals surface area contributed by atoms with E-state index >= 15 is 0 Å². The average molecular weight is 406 g/mol. The second kappa shape index (κ2) is 7.77. The van der Waals surface area contributed by atoms with Crippen LogP contribution < -0.4 is 5.56 Å². The second-order valence-corrected chi connectivity index (χ2v) is 6.57. The summed E-state index contributed by atoms with van der Waals surface area (Å²) in [4.78, 5) is 32.8. The molecule has 0 N–H and O–H groups in total. The third-order valence-corrected chi connectivity index (χ3v) is 4.59. The number of carbonyl (C=O) groups excluding carboxylic acids is 1. The molecule has 0 saturated carbocycles. The number of aldehydes is 1. The number of carbonyl (C=O) groups is 1. The van der Waals surface area contributed by atoms with Gasteiger partial charge in [-0.2, -0.15) is 0 Å². The summed E-state index contributed by atoms with van der Waals surface area (Å²) < 4.78 is 15.0. The van der Waals surface area contributed by atoms with Gasteiger partial charge in [-0.15, -0.1) is 0 Å². The van der Waals surface area contributed by atoms with Gasteiger partial charge < -0.3 is 0 Å². The zero-order chi connectivity index (χ0) is 20.4. The summed E-state index contributed by atoms with van der Waals surface area (Å²) in [6.07, 6.45) is 3.89. The van der Waals surface area contributed by atoms with Crippen molar-refractivity contribution in [3.8, 4) is 5.69 Å². The van der Waals surface area contributed by atoms with Gasteiger partial charge in [0.05, 0.1) is 27.3 Å². The number of para-hydroxylation sites is 1. The zero-order valence-corrected chi connectivity index (χ0v) is 15.7. The number of pyridine rings is 1. The third kappa shape index (κ3) is 3.70. The van der Waals surface area contributed by atoms with Gasteiger partial charge in [0.2, 0.25) is 0 Å². The molecule has 0 spiro atoms. The fourth-order valence-electron chi connectivity index (χ4n) is 2.94. The van der Waals surface area contributed by atoms with Crippen LogP contribution in [0.1, 0.15) is 22.0 Å². The summed E-state index contributed by atoms with van der Waals surface area (Å²) in [5, 5.41) is 0.492. The predicted molar refractivity (Wildman–Crippen MR) is 111 cm³/mol. The highest BCUT2D eigenvalue weighted by Crippen LogP contribution is 2.22. The zero-order valence-electron chi connectivity index (χ0n) is 14.9. The Morgan fingerprint density at radius 2 is 1.72 bits per heavy atom. The highest BCUT2D eigenvalue weighted by atomic mass is 35.5. The molecule has 0 aliphatic carbocycles. The van der Waals surface area contributed by atoms with Crippen LogP contribution in [0, 0.1) is 5.82 Å². The number of aromatic nitrogens is 3. The van der Waals surface area contributed by atoms with Crippen molar-refractivity contribution in [2.24, 2.45) is 0 Å². The average Bonchev–Trinajstić information content (AvgIpc) is 2.74. The first-order chi connectivity index (χ1) is 14.1. The van der Waals surface area contributed by atoms with Gasteiger partial charge in [0, 0.05) is 0 Å². The summed E-state index contributed by atoms with van der Waals surface area (Å²) in [6.45, 7) is 0. The minimum atomic E-state index is -0.528. The Morgan fingerprint density at radius 3 is 2.52 bits per heavy atom. The van der Waals surface area contributed by atoms with Gasteiger partial charge in [-0.25, -0.2) is 14.4 Å². The Kier molecular flexibility index (Phi) is 5.01. The normalized spacial score (nSPS) is 11.2. The van der Waals surface area contributed by atoms with Crippen LogP contribution in [0.2, 0.25) is 5.02 Å². The number of benzene rings is 2. The Balaban J connectivity index is 1.96. The van der Waals surface area contributed by atoms with Gasteiger partial charge in [0.25, 0.3) is 5.56 Å². The quantitative estimate of drug-likeness (QED) is 0.467. The number of hydrogen-bond donors (Lipinski definition) is 0. The molecule has 7 heteroatoms. The van der Waals surface area contributed by atoms with Crippen LogP contribution in [0.25, 0.3) is 28.7 Å². The monoisotopic (exact) mass is 405 g/mol. The maximum atomic E-state index is 13.7. The Morgan fingerprint density at radius 1 is 0.931 bits per heavy atom. The van der Waals surface area contributed by atoms with Crippen molar-refractivity contribution in [3.05, 3.63) is 99.1 Å². The van der Waals surface area contributed by atoms with E-state index in [4.69, 9.17) is 11.6 Å². The molecule has 0 unspecified atom stereocenters. The Bertz CT molecular complexity index is 1330. The van der Waals surface area contributed by atoms with Crippen molar-refractivity contribution in [2.75, 3.05) is 0 Å². The van der Waals surface area contributed by atoms with Gasteiger partial charge in [-0.1, -0.05) is 29.8 Å². The minimum absolute atomic E-state index is 0.142. The topological polar surface area (TPSA) is 64.8 Å². The Labute approximate surface area is 169 Å². The molecule has 5 nitrogen and oxygen atoms in total. The molecule has 142 valence electrons. The first-order valence-electron chi connectivity index (χ1n) is 8.64. The first-order valence-corrected chi connectivity index (χ1v) is 9.02. The van der Waals surface area contributed by atoms with E-state index in [2.05, 4.69) is 9.97 Å². The molecule has 2 heterocycles. The van der Waals surface area contributed by atoms with Crippen molar-refractivity contribution in [1.82, 2.24) is 14.5 Å². The minimum Gasteiger partial charge on any atom is -0.296 e. The van der Waals surface area contributed by atoms with Crippen LogP contribution in [0.3, 0.4) is 0 Å². The van der Waals surface area contributed by atoms with Crippen molar-refractivity contribution in [1.29, 1.82) is 0 Å². The maximum absolute atomic E-state index is 13.7. The molecular weight excluding hydrogens is 393 g/mol. The van der Waals surface area contributed by atoms with E-state index in [0.717, 1.165) is 6.07 Å². The molecule has 4 rings (SSSR count). The molecule has 0 atom stereocenters. The summed E-state index contributed by atoms with van der Waals surface area (Å²) in [7, 11) is 0. The molecule has 0 saturated heterocycles. The lowest BCUT2D eigenvalue weighted by Gasteiger charge is -2.12. The van der Waals surface area contributed by atoms with Crippen molar-refractivity contribution in [3.63, 3.8) is 0 Å². The highest BCUT2D eigenvalue weighted by molar-refractivity contribution is 6.32. The number of fused-ring (bicyclic) bond motifs is 1. The number of rotatable bonds is 4. The molecule has 0 fully saturated rings. The molecule has 0 radical (unpaired) electrons. The number of nitrogens with zero attached hydrogens (tertiary/aromatic N) is 3. The van der Waals surface area contributed by atoms with Crippen LogP contribution in [0.15, 0.2) is 65.5 Å². The van der Waals surface area contributed by atoms with Crippen molar-refractivity contribution < 1.29 is 9.18 Å². The lowest BCUT2D eigenvalue weighted by molar-refractivity contribution is 0.111. The third-order valence-electron chi connectivity index (χ3n) is 4.27. The molecule has 2 aromatic heterocycles. The van der Waals surface area contributed by atoms with E-state index in [9.17, 15) is 14.0 Å². The van der Waals surface area contributed by atoms with Crippen LogP contribution in [0.4, 0.5) is 4.39 Å². The van der Waals surface area contributed by atoms with Gasteiger partial charge in [-0.3, -0.25) is 14.2 Å². The van der Waals surface area contributed by atoms with Gasteiger partial charge in [0.15, 0.2) is 6.29 Å². The van der Waals surface area contributed by atoms with E-state index in [0.29, 0.717) is 34.0 Å². The van der Waals surface area contributed by atoms with E-state index in [1.807, 2.05) is 0 Å².